The summed E-state index contributed by atoms with van der Waals surface area (Å²) in [6.45, 7) is 0.720. The number of hydrogen-bond acceptors (Lipinski definition) is 3. The van der Waals surface area contributed by atoms with Gasteiger partial charge in [-0.1, -0.05) is 24.3 Å². The molecule has 5 N–H and O–H groups in total. The van der Waals surface area contributed by atoms with Gasteiger partial charge in [0.2, 0.25) is 11.8 Å². The number of hydrogen-bond donors (Lipinski definition) is 1. The number of fused-ring (bicyclic) bond motifs is 1. The smallest absolute Gasteiger partial charge is 0.230 e. The summed E-state index contributed by atoms with van der Waals surface area (Å²) in [5, 5.41) is 3.24. The molecular weight excluding hydrogens is 248 g/mol. The van der Waals surface area contributed by atoms with Gasteiger partial charge in [-0.3, -0.25) is 19.8 Å². The van der Waals surface area contributed by atoms with Gasteiger partial charge in [0, 0.05) is 19.4 Å². The number of rotatable bonds is 1. The maximum absolute atomic E-state index is 11.9. The van der Waals surface area contributed by atoms with Crippen molar-refractivity contribution in [3.05, 3.63) is 35.4 Å². The number of benzene rings is 1. The predicted octanol–water partition coefficient (Wildman–Crippen LogP) is -0.322. The van der Waals surface area contributed by atoms with Gasteiger partial charge >= 0.3 is 0 Å². The van der Waals surface area contributed by atoms with E-state index in [4.69, 9.17) is 0 Å². The fourth-order valence-electron chi connectivity index (χ4n) is 2.57. The van der Waals surface area contributed by atoms with E-state index in [2.05, 4.69) is 5.32 Å². The SMILES string of the molecule is O.O.O=C1CCCC(=O)N1C1NCc2ccccc21. The van der Waals surface area contributed by atoms with Gasteiger partial charge in [-0.2, -0.15) is 0 Å². The molecule has 6 heteroatoms. The summed E-state index contributed by atoms with van der Waals surface area (Å²) in [7, 11) is 0. The summed E-state index contributed by atoms with van der Waals surface area (Å²) < 4.78 is 0. The lowest BCUT2D eigenvalue weighted by molar-refractivity contribution is -0.151. The van der Waals surface area contributed by atoms with E-state index in [-0.39, 0.29) is 28.9 Å². The quantitative estimate of drug-likeness (QED) is 0.702. The molecule has 1 aromatic rings. The van der Waals surface area contributed by atoms with Crippen LogP contribution in [0.1, 0.15) is 36.6 Å². The van der Waals surface area contributed by atoms with Crippen LogP contribution in [0.25, 0.3) is 0 Å². The number of carbonyl (C=O) groups is 2. The zero-order chi connectivity index (χ0) is 11.8. The summed E-state index contributed by atoms with van der Waals surface area (Å²) in [6.07, 6.45) is 1.38. The zero-order valence-electron chi connectivity index (χ0n) is 10.5. The minimum absolute atomic E-state index is 0. The minimum Gasteiger partial charge on any atom is -0.412 e. The Labute approximate surface area is 111 Å². The Balaban J connectivity index is 0.000000902. The van der Waals surface area contributed by atoms with Crippen molar-refractivity contribution in [3.8, 4) is 0 Å². The van der Waals surface area contributed by atoms with Crippen molar-refractivity contribution in [3.63, 3.8) is 0 Å². The van der Waals surface area contributed by atoms with Crippen LogP contribution in [0.2, 0.25) is 0 Å². The minimum atomic E-state index is -0.258. The lowest BCUT2D eigenvalue weighted by atomic mass is 10.0. The second kappa shape index (κ2) is 5.92. The topological polar surface area (TPSA) is 112 Å². The number of imide groups is 1. The molecule has 0 saturated carbocycles. The third-order valence-electron chi connectivity index (χ3n) is 3.41. The molecule has 1 fully saturated rings. The average molecular weight is 266 g/mol. The van der Waals surface area contributed by atoms with Gasteiger partial charge in [-0.15, -0.1) is 0 Å². The molecule has 2 amide bonds. The summed E-state index contributed by atoms with van der Waals surface area (Å²) in [5.41, 5.74) is 2.22. The number of piperidine rings is 1. The highest BCUT2D eigenvalue weighted by Crippen LogP contribution is 2.30. The van der Waals surface area contributed by atoms with Crippen molar-refractivity contribution in [2.75, 3.05) is 0 Å². The van der Waals surface area contributed by atoms with Crippen molar-refractivity contribution in [1.29, 1.82) is 0 Å². The summed E-state index contributed by atoms with van der Waals surface area (Å²) in [5.74, 6) is -0.120. The summed E-state index contributed by atoms with van der Waals surface area (Å²) in [4.78, 5) is 25.1. The second-order valence-electron chi connectivity index (χ2n) is 4.49. The monoisotopic (exact) mass is 266 g/mol. The highest BCUT2D eigenvalue weighted by molar-refractivity contribution is 5.98. The molecule has 19 heavy (non-hydrogen) atoms. The lowest BCUT2D eigenvalue weighted by Gasteiger charge is -2.31. The Morgan fingerprint density at radius 1 is 1.05 bits per heavy atom. The molecule has 1 unspecified atom stereocenters. The van der Waals surface area contributed by atoms with Crippen LogP contribution in [0.5, 0.6) is 0 Å². The van der Waals surface area contributed by atoms with Gasteiger partial charge in [0.05, 0.1) is 0 Å². The van der Waals surface area contributed by atoms with E-state index < -0.39 is 0 Å². The Morgan fingerprint density at radius 2 is 1.68 bits per heavy atom. The van der Waals surface area contributed by atoms with Crippen molar-refractivity contribution < 1.29 is 20.5 Å². The Bertz CT molecular complexity index is 473. The van der Waals surface area contributed by atoms with E-state index in [9.17, 15) is 9.59 Å². The summed E-state index contributed by atoms with van der Waals surface area (Å²) in [6, 6.07) is 7.93. The second-order valence-corrected chi connectivity index (χ2v) is 4.49. The van der Waals surface area contributed by atoms with Gasteiger partial charge in [-0.25, -0.2) is 0 Å². The van der Waals surface area contributed by atoms with Gasteiger partial charge in [0.1, 0.15) is 6.17 Å². The van der Waals surface area contributed by atoms with Crippen LogP contribution >= 0.6 is 0 Å². The molecule has 1 aromatic carbocycles. The molecule has 0 aliphatic carbocycles. The molecule has 2 aliphatic heterocycles. The molecule has 2 heterocycles. The maximum Gasteiger partial charge on any atom is 0.230 e. The van der Waals surface area contributed by atoms with E-state index in [1.807, 2.05) is 24.3 Å². The fraction of sp³-hybridized carbons (Fsp3) is 0.385. The first-order chi connectivity index (χ1) is 8.27. The van der Waals surface area contributed by atoms with E-state index in [0.29, 0.717) is 19.3 Å². The molecule has 0 aromatic heterocycles. The Morgan fingerprint density at radius 3 is 2.37 bits per heavy atom. The number of likely N-dealkylation sites (tertiary alicyclic amines) is 1. The van der Waals surface area contributed by atoms with E-state index >= 15 is 0 Å². The van der Waals surface area contributed by atoms with E-state index in [1.165, 1.54) is 10.5 Å². The molecule has 6 nitrogen and oxygen atoms in total. The molecule has 0 bridgehead atoms. The van der Waals surface area contributed by atoms with Crippen LogP contribution in [0.15, 0.2) is 24.3 Å². The molecular formula is C13H18N2O4. The standard InChI is InChI=1S/C13H14N2O2.2H2O/c16-11-6-3-7-12(17)15(11)13-10-5-2-1-4-9(10)8-14-13;;/h1-2,4-5,13-14H,3,6-8H2;2*1H2. The molecule has 1 atom stereocenters. The Kier molecular flexibility index (Phi) is 4.77. The van der Waals surface area contributed by atoms with Crippen LogP contribution in [0, 0.1) is 0 Å². The molecule has 3 rings (SSSR count). The lowest BCUT2D eigenvalue weighted by Crippen LogP contribution is -2.45. The van der Waals surface area contributed by atoms with Gasteiger partial charge in [0.25, 0.3) is 0 Å². The van der Waals surface area contributed by atoms with Crippen LogP contribution < -0.4 is 5.32 Å². The zero-order valence-corrected chi connectivity index (χ0v) is 10.5. The first-order valence-corrected chi connectivity index (χ1v) is 5.93. The molecule has 0 radical (unpaired) electrons. The van der Waals surface area contributed by atoms with Crippen LogP contribution in [-0.2, 0) is 16.1 Å². The first kappa shape index (κ1) is 15.3. The van der Waals surface area contributed by atoms with Crippen LogP contribution in [0.4, 0.5) is 0 Å². The average Bonchev–Trinajstić information content (AvgIpc) is 2.73. The molecule has 0 spiro atoms. The first-order valence-electron chi connectivity index (χ1n) is 5.93. The summed E-state index contributed by atoms with van der Waals surface area (Å²) >= 11 is 0. The number of nitrogens with zero attached hydrogens (tertiary/aromatic N) is 1. The third kappa shape index (κ3) is 2.51. The highest BCUT2D eigenvalue weighted by Gasteiger charge is 2.36. The van der Waals surface area contributed by atoms with Crippen molar-refractivity contribution in [2.45, 2.75) is 32.0 Å². The normalized spacial score (nSPS) is 21.5. The van der Waals surface area contributed by atoms with Gasteiger partial charge in [-0.05, 0) is 17.5 Å². The fourth-order valence-corrected chi connectivity index (χ4v) is 2.57. The van der Waals surface area contributed by atoms with Gasteiger partial charge in [0.15, 0.2) is 0 Å². The Hall–Kier alpha value is -1.76. The van der Waals surface area contributed by atoms with Crippen molar-refractivity contribution in [2.24, 2.45) is 0 Å². The van der Waals surface area contributed by atoms with Crippen LogP contribution in [-0.4, -0.2) is 27.7 Å². The van der Waals surface area contributed by atoms with E-state index in [1.54, 1.807) is 0 Å². The van der Waals surface area contributed by atoms with E-state index in [0.717, 1.165) is 12.1 Å². The molecule has 1 saturated heterocycles. The highest BCUT2D eigenvalue weighted by atomic mass is 16.2. The number of carbonyl (C=O) groups excluding carboxylic acids is 2. The molecule has 2 aliphatic rings. The van der Waals surface area contributed by atoms with Crippen molar-refractivity contribution >= 4 is 11.8 Å². The maximum atomic E-state index is 11.9. The van der Waals surface area contributed by atoms with Crippen molar-refractivity contribution in [1.82, 2.24) is 10.2 Å². The predicted molar refractivity (Wildman–Crippen MR) is 69.0 cm³/mol. The molecule has 104 valence electrons. The van der Waals surface area contributed by atoms with Gasteiger partial charge < -0.3 is 11.0 Å². The third-order valence-corrected chi connectivity index (χ3v) is 3.41. The number of nitrogens with one attached hydrogen (secondary N) is 1. The number of amides is 2. The largest absolute Gasteiger partial charge is 0.412 e. The van der Waals surface area contributed by atoms with Crippen LogP contribution in [0.3, 0.4) is 0 Å².